The minimum absolute atomic E-state index is 1.02. The van der Waals surface area contributed by atoms with Gasteiger partial charge in [-0.05, 0) is 40.1 Å². The first-order valence-electron chi connectivity index (χ1n) is 8.44. The van der Waals surface area contributed by atoms with Gasteiger partial charge in [0.15, 0.2) is 0 Å². The lowest BCUT2D eigenvalue weighted by molar-refractivity contribution is 1.29. The summed E-state index contributed by atoms with van der Waals surface area (Å²) < 4.78 is 0. The average molecular weight is 305 g/mol. The standard InChI is InChI=1S/C23H15N/c1-2-8-15-14(7-1)13-19-21(15)16-9-3-4-10-17(16)23-22(19)18-11-5-6-12-20(18)24-23/h1-12,24H,13H2. The van der Waals surface area contributed by atoms with E-state index in [-0.39, 0.29) is 0 Å². The van der Waals surface area contributed by atoms with E-state index in [2.05, 4.69) is 77.8 Å². The third kappa shape index (κ3) is 1.40. The zero-order valence-electron chi connectivity index (χ0n) is 13.1. The molecule has 1 heterocycles. The van der Waals surface area contributed by atoms with Crippen molar-refractivity contribution < 1.29 is 0 Å². The summed E-state index contributed by atoms with van der Waals surface area (Å²) in [5, 5.41) is 5.41. The normalized spacial score (nSPS) is 12.8. The van der Waals surface area contributed by atoms with Gasteiger partial charge in [0.25, 0.3) is 0 Å². The third-order valence-electron chi connectivity index (χ3n) is 5.43. The molecule has 1 aliphatic rings. The van der Waals surface area contributed by atoms with E-state index in [1.54, 1.807) is 0 Å². The van der Waals surface area contributed by atoms with Crippen molar-refractivity contribution in [2.24, 2.45) is 0 Å². The maximum absolute atomic E-state index is 3.68. The van der Waals surface area contributed by atoms with Gasteiger partial charge in [-0.2, -0.15) is 0 Å². The number of fused-ring (bicyclic) bond motifs is 10. The molecule has 6 rings (SSSR count). The summed E-state index contributed by atoms with van der Waals surface area (Å²) in [6.07, 6.45) is 1.02. The van der Waals surface area contributed by atoms with Crippen LogP contribution in [0.4, 0.5) is 0 Å². The number of nitrogens with one attached hydrogen (secondary N) is 1. The highest BCUT2D eigenvalue weighted by atomic mass is 14.7. The summed E-state index contributed by atoms with van der Waals surface area (Å²) in [6.45, 7) is 0. The first-order valence-corrected chi connectivity index (χ1v) is 8.44. The van der Waals surface area contributed by atoms with Gasteiger partial charge in [-0.1, -0.05) is 66.7 Å². The molecule has 0 saturated heterocycles. The summed E-state index contributed by atoms with van der Waals surface area (Å²) in [6, 6.07) is 26.3. The summed E-state index contributed by atoms with van der Waals surface area (Å²) >= 11 is 0. The topological polar surface area (TPSA) is 15.8 Å². The Morgan fingerprint density at radius 3 is 2.29 bits per heavy atom. The lowest BCUT2D eigenvalue weighted by atomic mass is 9.94. The predicted molar refractivity (Wildman–Crippen MR) is 102 cm³/mol. The molecule has 112 valence electrons. The van der Waals surface area contributed by atoms with Crippen LogP contribution in [0.25, 0.3) is 43.7 Å². The SMILES string of the molecule is c1ccc2c(c1)Cc1c-2c2ccccc2c2[nH]c3ccccc3c12. The molecule has 4 aromatic carbocycles. The van der Waals surface area contributed by atoms with Crippen molar-refractivity contribution in [1.82, 2.24) is 4.98 Å². The molecule has 1 aliphatic carbocycles. The van der Waals surface area contributed by atoms with Crippen LogP contribution in [0.2, 0.25) is 0 Å². The highest BCUT2D eigenvalue weighted by Crippen LogP contribution is 2.47. The Kier molecular flexibility index (Phi) is 2.20. The van der Waals surface area contributed by atoms with Crippen LogP contribution in [0.15, 0.2) is 72.8 Å². The van der Waals surface area contributed by atoms with Gasteiger partial charge in [-0.15, -0.1) is 0 Å². The fourth-order valence-electron chi connectivity index (χ4n) is 4.46. The second-order valence-corrected chi connectivity index (χ2v) is 6.65. The van der Waals surface area contributed by atoms with Gasteiger partial charge in [0.2, 0.25) is 0 Å². The molecule has 0 aliphatic heterocycles. The molecule has 1 aromatic heterocycles. The quantitative estimate of drug-likeness (QED) is 0.352. The molecule has 0 fully saturated rings. The van der Waals surface area contributed by atoms with E-state index in [0.717, 1.165) is 6.42 Å². The van der Waals surface area contributed by atoms with Crippen LogP contribution in [0.1, 0.15) is 11.1 Å². The van der Waals surface area contributed by atoms with Crippen molar-refractivity contribution in [2.75, 3.05) is 0 Å². The maximum atomic E-state index is 3.68. The van der Waals surface area contributed by atoms with E-state index in [4.69, 9.17) is 0 Å². The number of aromatic amines is 1. The molecule has 1 heteroatoms. The second-order valence-electron chi connectivity index (χ2n) is 6.65. The lowest BCUT2D eigenvalue weighted by Gasteiger charge is -2.09. The average Bonchev–Trinajstić information content (AvgIpc) is 3.20. The Morgan fingerprint density at radius 1 is 0.667 bits per heavy atom. The van der Waals surface area contributed by atoms with E-state index < -0.39 is 0 Å². The molecule has 0 saturated carbocycles. The highest BCUT2D eigenvalue weighted by Gasteiger charge is 2.25. The van der Waals surface area contributed by atoms with Crippen LogP contribution in [0, 0.1) is 0 Å². The van der Waals surface area contributed by atoms with Gasteiger partial charge in [-0.25, -0.2) is 0 Å². The fraction of sp³-hybridized carbons (Fsp3) is 0.0435. The van der Waals surface area contributed by atoms with Crippen LogP contribution < -0.4 is 0 Å². The number of aromatic nitrogens is 1. The number of hydrogen-bond acceptors (Lipinski definition) is 0. The van der Waals surface area contributed by atoms with E-state index >= 15 is 0 Å². The first kappa shape index (κ1) is 12.4. The highest BCUT2D eigenvalue weighted by molar-refractivity contribution is 6.23. The van der Waals surface area contributed by atoms with Crippen LogP contribution in [0.5, 0.6) is 0 Å². The van der Waals surface area contributed by atoms with Crippen molar-refractivity contribution in [1.29, 1.82) is 0 Å². The largest absolute Gasteiger partial charge is 0.354 e. The molecular weight excluding hydrogens is 290 g/mol. The fourth-order valence-corrected chi connectivity index (χ4v) is 4.46. The number of H-pyrrole nitrogens is 1. The summed E-state index contributed by atoms with van der Waals surface area (Å²) in [5.74, 6) is 0. The molecule has 0 unspecified atom stereocenters. The van der Waals surface area contributed by atoms with Crippen molar-refractivity contribution in [3.63, 3.8) is 0 Å². The van der Waals surface area contributed by atoms with Gasteiger partial charge in [0.05, 0.1) is 5.52 Å². The molecule has 0 bridgehead atoms. The third-order valence-corrected chi connectivity index (χ3v) is 5.43. The zero-order valence-corrected chi connectivity index (χ0v) is 13.1. The zero-order chi connectivity index (χ0) is 15.7. The number of hydrogen-bond donors (Lipinski definition) is 1. The molecule has 0 radical (unpaired) electrons. The van der Waals surface area contributed by atoms with Gasteiger partial charge in [0.1, 0.15) is 0 Å². The Morgan fingerprint density at radius 2 is 1.38 bits per heavy atom. The van der Waals surface area contributed by atoms with Crippen LogP contribution in [0.3, 0.4) is 0 Å². The first-order chi connectivity index (χ1) is 11.9. The van der Waals surface area contributed by atoms with Crippen molar-refractivity contribution in [3.05, 3.63) is 83.9 Å². The summed E-state index contributed by atoms with van der Waals surface area (Å²) in [5.41, 5.74) is 8.24. The molecule has 0 amide bonds. The molecule has 1 nitrogen and oxygen atoms in total. The number of para-hydroxylation sites is 1. The van der Waals surface area contributed by atoms with Crippen molar-refractivity contribution in [2.45, 2.75) is 6.42 Å². The number of rotatable bonds is 0. The molecule has 1 N–H and O–H groups in total. The van der Waals surface area contributed by atoms with Crippen LogP contribution in [-0.4, -0.2) is 4.98 Å². The minimum Gasteiger partial charge on any atom is -0.354 e. The summed E-state index contributed by atoms with van der Waals surface area (Å²) in [4.78, 5) is 3.68. The molecule has 0 spiro atoms. The monoisotopic (exact) mass is 305 g/mol. The Bertz CT molecular complexity index is 1270. The van der Waals surface area contributed by atoms with Crippen molar-refractivity contribution in [3.8, 4) is 11.1 Å². The van der Waals surface area contributed by atoms with Crippen LogP contribution in [-0.2, 0) is 6.42 Å². The number of benzene rings is 4. The minimum atomic E-state index is 1.02. The summed E-state index contributed by atoms with van der Waals surface area (Å²) in [7, 11) is 0. The smallest absolute Gasteiger partial charge is 0.0547 e. The van der Waals surface area contributed by atoms with Gasteiger partial charge in [-0.3, -0.25) is 0 Å². The molecule has 5 aromatic rings. The predicted octanol–water partition coefficient (Wildman–Crippen LogP) is 6.05. The molecular formula is C23H15N. The Balaban J connectivity index is 1.95. The van der Waals surface area contributed by atoms with E-state index in [1.165, 1.54) is 54.8 Å². The van der Waals surface area contributed by atoms with Gasteiger partial charge >= 0.3 is 0 Å². The van der Waals surface area contributed by atoms with E-state index in [0.29, 0.717) is 0 Å². The Hall–Kier alpha value is -3.06. The van der Waals surface area contributed by atoms with Crippen molar-refractivity contribution >= 4 is 32.6 Å². The van der Waals surface area contributed by atoms with Crippen LogP contribution >= 0.6 is 0 Å². The Labute approximate surface area is 139 Å². The molecule has 24 heavy (non-hydrogen) atoms. The van der Waals surface area contributed by atoms with E-state index in [9.17, 15) is 0 Å². The maximum Gasteiger partial charge on any atom is 0.0547 e. The molecule has 0 atom stereocenters. The van der Waals surface area contributed by atoms with E-state index in [1.807, 2.05) is 0 Å². The van der Waals surface area contributed by atoms with Gasteiger partial charge < -0.3 is 4.98 Å². The lowest BCUT2D eigenvalue weighted by Crippen LogP contribution is -1.86. The van der Waals surface area contributed by atoms with Gasteiger partial charge in [0, 0.05) is 21.7 Å². The second kappa shape index (κ2) is 4.27.